The molecule has 0 atom stereocenters. The highest BCUT2D eigenvalue weighted by Crippen LogP contribution is 2.19. The summed E-state index contributed by atoms with van der Waals surface area (Å²) in [6, 6.07) is 4.09. The normalized spacial score (nSPS) is 10.4. The molecule has 0 aliphatic carbocycles. The molecule has 0 aliphatic heterocycles. The monoisotopic (exact) mass is 285 g/mol. The summed E-state index contributed by atoms with van der Waals surface area (Å²) >= 11 is 0. The predicted octanol–water partition coefficient (Wildman–Crippen LogP) is 3.18. The van der Waals surface area contributed by atoms with Crippen molar-refractivity contribution < 1.29 is 0 Å². The number of hydrogen-bond acceptors (Lipinski definition) is 5. The Morgan fingerprint density at radius 3 is 2.52 bits per heavy atom. The van der Waals surface area contributed by atoms with Gasteiger partial charge in [0.15, 0.2) is 0 Å². The lowest BCUT2D eigenvalue weighted by Crippen LogP contribution is -2.10. The van der Waals surface area contributed by atoms with Crippen LogP contribution < -0.4 is 10.6 Å². The van der Waals surface area contributed by atoms with E-state index in [2.05, 4.69) is 45.5 Å². The molecule has 2 aromatic heterocycles. The molecule has 0 saturated heterocycles. The predicted molar refractivity (Wildman–Crippen MR) is 86.5 cm³/mol. The summed E-state index contributed by atoms with van der Waals surface area (Å²) in [5.41, 5.74) is 3.38. The van der Waals surface area contributed by atoms with Crippen molar-refractivity contribution in [3.63, 3.8) is 0 Å². The van der Waals surface area contributed by atoms with Crippen molar-refractivity contribution in [2.45, 2.75) is 40.2 Å². The van der Waals surface area contributed by atoms with Crippen LogP contribution in [0.4, 0.5) is 11.6 Å². The van der Waals surface area contributed by atoms with Crippen molar-refractivity contribution in [3.8, 4) is 0 Å². The van der Waals surface area contributed by atoms with Gasteiger partial charge in [0.25, 0.3) is 0 Å². The van der Waals surface area contributed by atoms with Gasteiger partial charge in [-0.15, -0.1) is 0 Å². The molecule has 2 heterocycles. The van der Waals surface area contributed by atoms with Crippen LogP contribution in [0.5, 0.6) is 0 Å². The lowest BCUT2D eigenvalue weighted by Gasteiger charge is -2.13. The van der Waals surface area contributed by atoms with Crippen LogP contribution >= 0.6 is 0 Å². The SMILES string of the molecule is CCCNc1ncnc(NCc2ncccc2CC)c1C. The standard InChI is InChI=1S/C16H23N5/c1-4-8-18-15-12(3)16(21-11-20-15)19-10-14-13(5-2)7-6-9-17-14/h6-7,9,11H,4-5,8,10H2,1-3H3,(H2,18,19,20,21). The van der Waals surface area contributed by atoms with Gasteiger partial charge < -0.3 is 10.6 Å². The summed E-state index contributed by atoms with van der Waals surface area (Å²) in [4.78, 5) is 13.1. The van der Waals surface area contributed by atoms with Gasteiger partial charge in [-0.25, -0.2) is 9.97 Å². The van der Waals surface area contributed by atoms with Gasteiger partial charge in [-0.3, -0.25) is 4.98 Å². The van der Waals surface area contributed by atoms with E-state index in [9.17, 15) is 0 Å². The average Bonchev–Trinajstić information content (AvgIpc) is 2.53. The average molecular weight is 285 g/mol. The highest BCUT2D eigenvalue weighted by atomic mass is 15.1. The Balaban J connectivity index is 2.09. The van der Waals surface area contributed by atoms with E-state index in [4.69, 9.17) is 0 Å². The second-order valence-corrected chi connectivity index (χ2v) is 4.94. The number of aromatic nitrogens is 3. The van der Waals surface area contributed by atoms with Crippen LogP contribution in [0.25, 0.3) is 0 Å². The molecule has 5 heteroatoms. The summed E-state index contributed by atoms with van der Waals surface area (Å²) in [5.74, 6) is 1.75. The zero-order chi connectivity index (χ0) is 15.1. The van der Waals surface area contributed by atoms with E-state index in [1.165, 1.54) is 5.56 Å². The molecule has 2 rings (SSSR count). The molecular formula is C16H23N5. The zero-order valence-electron chi connectivity index (χ0n) is 13.0. The minimum atomic E-state index is 0.676. The fourth-order valence-electron chi connectivity index (χ4n) is 2.17. The van der Waals surface area contributed by atoms with E-state index in [0.29, 0.717) is 6.54 Å². The number of nitrogens with zero attached hydrogens (tertiary/aromatic N) is 3. The van der Waals surface area contributed by atoms with Gasteiger partial charge >= 0.3 is 0 Å². The Hall–Kier alpha value is -2.17. The fraction of sp³-hybridized carbons (Fsp3) is 0.438. The number of hydrogen-bond donors (Lipinski definition) is 2. The summed E-state index contributed by atoms with van der Waals surface area (Å²) in [7, 11) is 0. The Kier molecular flexibility index (Phi) is 5.49. The molecule has 112 valence electrons. The Morgan fingerprint density at radius 2 is 1.81 bits per heavy atom. The van der Waals surface area contributed by atoms with E-state index in [1.54, 1.807) is 6.33 Å². The highest BCUT2D eigenvalue weighted by Gasteiger charge is 2.07. The Bertz CT molecular complexity index is 583. The molecule has 0 unspecified atom stereocenters. The van der Waals surface area contributed by atoms with Gasteiger partial charge in [0, 0.05) is 18.3 Å². The topological polar surface area (TPSA) is 62.7 Å². The molecule has 0 bridgehead atoms. The van der Waals surface area contributed by atoms with Crippen LogP contribution in [0.1, 0.15) is 37.1 Å². The zero-order valence-corrected chi connectivity index (χ0v) is 13.0. The first-order chi connectivity index (χ1) is 10.3. The van der Waals surface area contributed by atoms with Gasteiger partial charge in [-0.2, -0.15) is 0 Å². The van der Waals surface area contributed by atoms with Crippen LogP contribution in [0.15, 0.2) is 24.7 Å². The van der Waals surface area contributed by atoms with E-state index < -0.39 is 0 Å². The van der Waals surface area contributed by atoms with Crippen molar-refractivity contribution in [2.24, 2.45) is 0 Å². The lowest BCUT2D eigenvalue weighted by atomic mass is 10.1. The number of anilines is 2. The van der Waals surface area contributed by atoms with Crippen molar-refractivity contribution in [1.82, 2.24) is 15.0 Å². The number of rotatable bonds is 7. The molecular weight excluding hydrogens is 262 g/mol. The second kappa shape index (κ2) is 7.57. The summed E-state index contributed by atoms with van der Waals surface area (Å²) < 4.78 is 0. The van der Waals surface area contributed by atoms with Crippen LogP contribution in [-0.4, -0.2) is 21.5 Å². The Morgan fingerprint density at radius 1 is 1.05 bits per heavy atom. The third-order valence-corrected chi connectivity index (χ3v) is 3.42. The molecule has 0 saturated carbocycles. The summed E-state index contributed by atoms with van der Waals surface area (Å²) in [6.45, 7) is 7.89. The first kappa shape index (κ1) is 15.2. The maximum Gasteiger partial charge on any atom is 0.134 e. The minimum absolute atomic E-state index is 0.676. The van der Waals surface area contributed by atoms with Crippen molar-refractivity contribution in [1.29, 1.82) is 0 Å². The first-order valence-electron chi connectivity index (χ1n) is 7.48. The van der Waals surface area contributed by atoms with Gasteiger partial charge in [0.05, 0.1) is 12.2 Å². The number of aryl methyl sites for hydroxylation is 1. The van der Waals surface area contributed by atoms with Crippen LogP contribution in [-0.2, 0) is 13.0 Å². The molecule has 21 heavy (non-hydrogen) atoms. The van der Waals surface area contributed by atoms with Gasteiger partial charge in [0.2, 0.25) is 0 Å². The molecule has 5 nitrogen and oxygen atoms in total. The number of nitrogens with one attached hydrogen (secondary N) is 2. The van der Waals surface area contributed by atoms with E-state index in [0.717, 1.165) is 42.3 Å². The summed E-state index contributed by atoms with van der Waals surface area (Å²) in [5, 5.41) is 6.68. The molecule has 2 aromatic rings. The van der Waals surface area contributed by atoms with Crippen molar-refractivity contribution in [2.75, 3.05) is 17.2 Å². The molecule has 0 spiro atoms. The quantitative estimate of drug-likeness (QED) is 0.818. The molecule has 0 radical (unpaired) electrons. The molecule has 0 amide bonds. The van der Waals surface area contributed by atoms with E-state index in [-0.39, 0.29) is 0 Å². The maximum atomic E-state index is 4.44. The minimum Gasteiger partial charge on any atom is -0.370 e. The van der Waals surface area contributed by atoms with Crippen molar-refractivity contribution >= 4 is 11.6 Å². The van der Waals surface area contributed by atoms with Gasteiger partial charge in [0.1, 0.15) is 18.0 Å². The smallest absolute Gasteiger partial charge is 0.134 e. The second-order valence-electron chi connectivity index (χ2n) is 4.94. The van der Waals surface area contributed by atoms with E-state index >= 15 is 0 Å². The van der Waals surface area contributed by atoms with Crippen molar-refractivity contribution in [3.05, 3.63) is 41.5 Å². The van der Waals surface area contributed by atoms with Crippen LogP contribution in [0, 0.1) is 6.92 Å². The summed E-state index contributed by atoms with van der Waals surface area (Å²) in [6.07, 6.45) is 5.47. The van der Waals surface area contributed by atoms with Crippen LogP contribution in [0.2, 0.25) is 0 Å². The third-order valence-electron chi connectivity index (χ3n) is 3.42. The Labute approximate surface area is 126 Å². The third kappa shape index (κ3) is 3.90. The molecule has 2 N–H and O–H groups in total. The highest BCUT2D eigenvalue weighted by molar-refractivity contribution is 5.56. The molecule has 0 fully saturated rings. The maximum absolute atomic E-state index is 4.44. The fourth-order valence-corrected chi connectivity index (χ4v) is 2.17. The largest absolute Gasteiger partial charge is 0.370 e. The number of pyridine rings is 1. The van der Waals surface area contributed by atoms with Crippen LogP contribution in [0.3, 0.4) is 0 Å². The lowest BCUT2D eigenvalue weighted by molar-refractivity contribution is 0.944. The first-order valence-corrected chi connectivity index (χ1v) is 7.48. The van der Waals surface area contributed by atoms with E-state index in [1.807, 2.05) is 19.2 Å². The molecule has 0 aromatic carbocycles. The van der Waals surface area contributed by atoms with Gasteiger partial charge in [-0.05, 0) is 31.4 Å². The molecule has 0 aliphatic rings. The van der Waals surface area contributed by atoms with Gasteiger partial charge in [-0.1, -0.05) is 19.9 Å².